The lowest BCUT2D eigenvalue weighted by Crippen LogP contribution is -2.34. The SMILES string of the molecule is Cc1ccc([C@H](C)NC(=O)Cn2nc3c(N)cccn3c2=O)cc1. The molecule has 0 spiro atoms. The molecule has 0 bridgehead atoms. The lowest BCUT2D eigenvalue weighted by atomic mass is 10.1. The fourth-order valence-electron chi connectivity index (χ4n) is 2.52. The summed E-state index contributed by atoms with van der Waals surface area (Å²) in [6, 6.07) is 11.1. The van der Waals surface area contributed by atoms with E-state index in [9.17, 15) is 9.59 Å². The number of nitrogens with one attached hydrogen (secondary N) is 1. The van der Waals surface area contributed by atoms with Gasteiger partial charge in [-0.3, -0.25) is 4.79 Å². The van der Waals surface area contributed by atoms with Crippen LogP contribution in [0.3, 0.4) is 0 Å². The fraction of sp³-hybridized carbons (Fsp3) is 0.235. The molecule has 3 rings (SSSR count). The molecule has 0 saturated carbocycles. The van der Waals surface area contributed by atoms with Gasteiger partial charge in [0.05, 0.1) is 11.7 Å². The van der Waals surface area contributed by atoms with Gasteiger partial charge in [-0.1, -0.05) is 29.8 Å². The van der Waals surface area contributed by atoms with E-state index >= 15 is 0 Å². The van der Waals surface area contributed by atoms with E-state index in [0.717, 1.165) is 15.8 Å². The quantitative estimate of drug-likeness (QED) is 0.755. The number of fused-ring (bicyclic) bond motifs is 1. The summed E-state index contributed by atoms with van der Waals surface area (Å²) >= 11 is 0. The van der Waals surface area contributed by atoms with Crippen molar-refractivity contribution >= 4 is 17.2 Å². The van der Waals surface area contributed by atoms with Crippen molar-refractivity contribution in [3.63, 3.8) is 0 Å². The number of hydrogen-bond acceptors (Lipinski definition) is 4. The first-order chi connectivity index (χ1) is 11.5. The van der Waals surface area contributed by atoms with E-state index in [4.69, 9.17) is 5.73 Å². The number of nitrogen functional groups attached to an aromatic ring is 1. The third kappa shape index (κ3) is 3.01. The number of nitrogens with two attached hydrogens (primary N) is 1. The molecule has 2 heterocycles. The summed E-state index contributed by atoms with van der Waals surface area (Å²) < 4.78 is 2.44. The molecule has 1 amide bonds. The number of benzene rings is 1. The van der Waals surface area contributed by atoms with Crippen molar-refractivity contribution in [1.29, 1.82) is 0 Å². The minimum atomic E-state index is -0.393. The highest BCUT2D eigenvalue weighted by molar-refractivity contribution is 5.76. The number of rotatable bonds is 4. The zero-order valence-corrected chi connectivity index (χ0v) is 13.6. The average molecular weight is 325 g/mol. The Morgan fingerprint density at radius 1 is 1.29 bits per heavy atom. The first-order valence-corrected chi connectivity index (χ1v) is 7.65. The van der Waals surface area contributed by atoms with Crippen LogP contribution in [-0.4, -0.2) is 20.1 Å². The summed E-state index contributed by atoms with van der Waals surface area (Å²) in [5.41, 5.74) is 8.31. The van der Waals surface area contributed by atoms with Crippen LogP contribution < -0.4 is 16.7 Å². The maximum atomic E-state index is 12.2. The number of aryl methyl sites for hydroxylation is 1. The predicted molar refractivity (Wildman–Crippen MR) is 91.6 cm³/mol. The summed E-state index contributed by atoms with van der Waals surface area (Å²) in [5.74, 6) is -0.285. The number of hydrogen-bond donors (Lipinski definition) is 2. The van der Waals surface area contributed by atoms with Crippen LogP contribution in [0.2, 0.25) is 0 Å². The van der Waals surface area contributed by atoms with E-state index in [2.05, 4.69) is 10.4 Å². The molecule has 7 nitrogen and oxygen atoms in total. The van der Waals surface area contributed by atoms with Crippen molar-refractivity contribution in [3.05, 3.63) is 64.2 Å². The van der Waals surface area contributed by atoms with E-state index in [0.29, 0.717) is 11.3 Å². The molecule has 0 radical (unpaired) electrons. The molecule has 7 heteroatoms. The zero-order valence-electron chi connectivity index (χ0n) is 13.6. The van der Waals surface area contributed by atoms with Crippen LogP contribution in [0.5, 0.6) is 0 Å². The van der Waals surface area contributed by atoms with Crippen LogP contribution in [0.15, 0.2) is 47.4 Å². The number of carbonyl (C=O) groups excluding carboxylic acids is 1. The number of aromatic nitrogens is 3. The second-order valence-corrected chi connectivity index (χ2v) is 5.80. The maximum Gasteiger partial charge on any atom is 0.350 e. The van der Waals surface area contributed by atoms with Crippen molar-refractivity contribution < 1.29 is 4.79 Å². The van der Waals surface area contributed by atoms with Gasteiger partial charge in [-0.05, 0) is 31.5 Å². The van der Waals surface area contributed by atoms with Gasteiger partial charge in [0, 0.05) is 6.20 Å². The van der Waals surface area contributed by atoms with Gasteiger partial charge in [-0.25, -0.2) is 13.9 Å². The van der Waals surface area contributed by atoms with E-state index in [1.54, 1.807) is 18.3 Å². The van der Waals surface area contributed by atoms with Crippen LogP contribution in [0.25, 0.3) is 5.65 Å². The topological polar surface area (TPSA) is 94.4 Å². The van der Waals surface area contributed by atoms with Crippen LogP contribution in [0, 0.1) is 6.92 Å². The summed E-state index contributed by atoms with van der Waals surface area (Å²) in [6.45, 7) is 3.75. The van der Waals surface area contributed by atoms with Crippen LogP contribution in [0.4, 0.5) is 5.69 Å². The normalized spacial score (nSPS) is 12.2. The second kappa shape index (κ2) is 6.19. The first kappa shape index (κ1) is 15.8. The Labute approximate surface area is 138 Å². The van der Waals surface area contributed by atoms with Crippen molar-refractivity contribution in [2.24, 2.45) is 0 Å². The molecule has 1 atom stereocenters. The molecule has 124 valence electrons. The van der Waals surface area contributed by atoms with Gasteiger partial charge >= 0.3 is 5.69 Å². The number of anilines is 1. The molecule has 0 saturated heterocycles. The minimum Gasteiger partial charge on any atom is -0.396 e. The third-order valence-corrected chi connectivity index (χ3v) is 3.89. The van der Waals surface area contributed by atoms with Gasteiger partial charge < -0.3 is 11.1 Å². The second-order valence-electron chi connectivity index (χ2n) is 5.80. The van der Waals surface area contributed by atoms with Gasteiger partial charge in [-0.15, -0.1) is 5.10 Å². The lowest BCUT2D eigenvalue weighted by molar-refractivity contribution is -0.122. The monoisotopic (exact) mass is 325 g/mol. The maximum absolute atomic E-state index is 12.2. The Kier molecular flexibility index (Phi) is 4.07. The van der Waals surface area contributed by atoms with E-state index in [-0.39, 0.29) is 18.5 Å². The number of nitrogens with zero attached hydrogens (tertiary/aromatic N) is 3. The fourth-order valence-corrected chi connectivity index (χ4v) is 2.52. The summed E-state index contributed by atoms with van der Waals surface area (Å²) in [5, 5.41) is 7.00. The average Bonchev–Trinajstić information content (AvgIpc) is 2.86. The summed E-state index contributed by atoms with van der Waals surface area (Å²) in [7, 11) is 0. The van der Waals surface area contributed by atoms with E-state index in [1.807, 2.05) is 38.1 Å². The predicted octanol–water partition coefficient (Wildman–Crippen LogP) is 1.26. The zero-order chi connectivity index (χ0) is 17.3. The van der Waals surface area contributed by atoms with Crippen LogP contribution in [-0.2, 0) is 11.3 Å². The molecule has 0 unspecified atom stereocenters. The first-order valence-electron chi connectivity index (χ1n) is 7.65. The highest BCUT2D eigenvalue weighted by Crippen LogP contribution is 2.13. The summed E-state index contributed by atoms with van der Waals surface area (Å²) in [6.07, 6.45) is 1.57. The molecule has 1 aromatic carbocycles. The summed E-state index contributed by atoms with van der Waals surface area (Å²) in [4.78, 5) is 24.5. The highest BCUT2D eigenvalue weighted by atomic mass is 16.2. The lowest BCUT2D eigenvalue weighted by Gasteiger charge is -2.14. The van der Waals surface area contributed by atoms with E-state index < -0.39 is 5.69 Å². The third-order valence-electron chi connectivity index (χ3n) is 3.89. The Hall–Kier alpha value is -3.09. The van der Waals surface area contributed by atoms with Crippen molar-refractivity contribution in [3.8, 4) is 0 Å². The molecule has 3 N–H and O–H groups in total. The van der Waals surface area contributed by atoms with Gasteiger partial charge in [0.2, 0.25) is 5.91 Å². The standard InChI is InChI=1S/C17H19N5O2/c1-11-5-7-13(8-6-11)12(2)19-15(23)10-22-17(24)21-9-3-4-14(18)16(21)20-22/h3-9,12H,10,18H2,1-2H3,(H,19,23)/t12-/m0/s1. The molecular formula is C17H19N5O2. The van der Waals surface area contributed by atoms with Gasteiger partial charge in [0.25, 0.3) is 0 Å². The Bertz CT molecular complexity index is 940. The largest absolute Gasteiger partial charge is 0.396 e. The highest BCUT2D eigenvalue weighted by Gasteiger charge is 2.14. The van der Waals surface area contributed by atoms with Gasteiger partial charge in [0.15, 0.2) is 5.65 Å². The van der Waals surface area contributed by atoms with Crippen LogP contribution >= 0.6 is 0 Å². The molecule has 0 aliphatic carbocycles. The number of pyridine rings is 1. The van der Waals surface area contributed by atoms with Crippen molar-refractivity contribution in [2.75, 3.05) is 5.73 Å². The number of amides is 1. The van der Waals surface area contributed by atoms with Gasteiger partial charge in [0.1, 0.15) is 6.54 Å². The van der Waals surface area contributed by atoms with Crippen LogP contribution in [0.1, 0.15) is 24.1 Å². The smallest absolute Gasteiger partial charge is 0.350 e. The molecular weight excluding hydrogens is 306 g/mol. The Balaban J connectivity index is 1.75. The Morgan fingerprint density at radius 2 is 2.00 bits per heavy atom. The van der Waals surface area contributed by atoms with Gasteiger partial charge in [-0.2, -0.15) is 0 Å². The Morgan fingerprint density at radius 3 is 2.67 bits per heavy atom. The van der Waals surface area contributed by atoms with Crippen molar-refractivity contribution in [1.82, 2.24) is 19.5 Å². The number of carbonyl (C=O) groups is 1. The molecule has 24 heavy (non-hydrogen) atoms. The van der Waals surface area contributed by atoms with E-state index in [1.165, 1.54) is 4.40 Å². The molecule has 0 fully saturated rings. The molecule has 2 aromatic heterocycles. The molecule has 0 aliphatic heterocycles. The molecule has 0 aliphatic rings. The minimum absolute atomic E-state index is 0.157. The molecule has 3 aromatic rings. The van der Waals surface area contributed by atoms with Crippen molar-refractivity contribution in [2.45, 2.75) is 26.4 Å².